The van der Waals surface area contributed by atoms with Crippen molar-refractivity contribution in [1.82, 2.24) is 15.5 Å². The summed E-state index contributed by atoms with van der Waals surface area (Å²) in [5.41, 5.74) is 2.08. The molecule has 66 valence electrons. The van der Waals surface area contributed by atoms with Crippen LogP contribution in [0.4, 0.5) is 0 Å². The molecule has 1 aliphatic heterocycles. The lowest BCUT2D eigenvalue weighted by atomic mass is 10.2. The molecule has 1 fully saturated rings. The number of hydrogen-bond donors (Lipinski definition) is 2. The predicted octanol–water partition coefficient (Wildman–Crippen LogP) is 0.379. The van der Waals surface area contributed by atoms with Crippen LogP contribution in [-0.4, -0.2) is 29.9 Å². The number of morpholine rings is 1. The van der Waals surface area contributed by atoms with Crippen LogP contribution in [0.1, 0.15) is 17.5 Å². The van der Waals surface area contributed by atoms with E-state index >= 15 is 0 Å². The van der Waals surface area contributed by atoms with Crippen molar-refractivity contribution in [2.24, 2.45) is 0 Å². The predicted molar refractivity (Wildman–Crippen MR) is 44.9 cm³/mol. The second-order valence-corrected chi connectivity index (χ2v) is 3.04. The standard InChI is InChI=1S/C8H13N3O/c1-6-4-7(11-10-6)8-5-9-2-3-12-8/h4,8-9H,2-3,5H2,1H3,(H,10,11). The summed E-state index contributed by atoms with van der Waals surface area (Å²) in [4.78, 5) is 0. The highest BCUT2D eigenvalue weighted by Crippen LogP contribution is 2.16. The second-order valence-electron chi connectivity index (χ2n) is 3.04. The minimum atomic E-state index is 0.128. The average Bonchev–Trinajstić information content (AvgIpc) is 2.54. The van der Waals surface area contributed by atoms with Gasteiger partial charge in [0, 0.05) is 18.8 Å². The van der Waals surface area contributed by atoms with Crippen LogP contribution in [0.3, 0.4) is 0 Å². The van der Waals surface area contributed by atoms with Gasteiger partial charge in [-0.25, -0.2) is 0 Å². The molecule has 2 heterocycles. The fourth-order valence-electron chi connectivity index (χ4n) is 1.36. The Morgan fingerprint density at radius 2 is 2.58 bits per heavy atom. The maximum Gasteiger partial charge on any atom is 0.114 e. The molecule has 0 amide bonds. The number of aromatic amines is 1. The molecule has 1 unspecified atom stereocenters. The number of ether oxygens (including phenoxy) is 1. The first-order chi connectivity index (χ1) is 5.86. The Balaban J connectivity index is 2.08. The van der Waals surface area contributed by atoms with Crippen molar-refractivity contribution in [1.29, 1.82) is 0 Å². The molecule has 1 aliphatic rings. The molecule has 0 spiro atoms. The minimum absolute atomic E-state index is 0.128. The summed E-state index contributed by atoms with van der Waals surface area (Å²) in [6, 6.07) is 2.03. The van der Waals surface area contributed by atoms with Crippen LogP contribution >= 0.6 is 0 Å². The lowest BCUT2D eigenvalue weighted by Crippen LogP contribution is -2.33. The molecule has 2 N–H and O–H groups in total. The number of aromatic nitrogens is 2. The zero-order valence-electron chi connectivity index (χ0n) is 7.13. The maximum absolute atomic E-state index is 5.53. The van der Waals surface area contributed by atoms with Crippen LogP contribution in [0.25, 0.3) is 0 Å². The number of aryl methyl sites for hydroxylation is 1. The van der Waals surface area contributed by atoms with Crippen LogP contribution in [0.5, 0.6) is 0 Å². The van der Waals surface area contributed by atoms with E-state index in [-0.39, 0.29) is 6.10 Å². The highest BCUT2D eigenvalue weighted by molar-refractivity contribution is 5.10. The fourth-order valence-corrected chi connectivity index (χ4v) is 1.36. The maximum atomic E-state index is 5.53. The van der Waals surface area contributed by atoms with Gasteiger partial charge >= 0.3 is 0 Å². The summed E-state index contributed by atoms with van der Waals surface area (Å²) < 4.78 is 5.53. The van der Waals surface area contributed by atoms with Crippen LogP contribution in [-0.2, 0) is 4.74 Å². The van der Waals surface area contributed by atoms with E-state index in [4.69, 9.17) is 4.74 Å². The Kier molecular flexibility index (Phi) is 2.10. The van der Waals surface area contributed by atoms with E-state index in [0.717, 1.165) is 31.1 Å². The van der Waals surface area contributed by atoms with Gasteiger partial charge in [-0.05, 0) is 13.0 Å². The molecule has 0 radical (unpaired) electrons. The lowest BCUT2D eigenvalue weighted by molar-refractivity contribution is 0.0250. The normalized spacial score (nSPS) is 24.2. The van der Waals surface area contributed by atoms with Crippen molar-refractivity contribution in [3.63, 3.8) is 0 Å². The molecule has 1 aromatic heterocycles. The molecular weight excluding hydrogens is 154 g/mol. The molecule has 4 nitrogen and oxygen atoms in total. The molecule has 0 aliphatic carbocycles. The smallest absolute Gasteiger partial charge is 0.114 e. The third kappa shape index (κ3) is 1.49. The second kappa shape index (κ2) is 3.25. The summed E-state index contributed by atoms with van der Waals surface area (Å²) >= 11 is 0. The topological polar surface area (TPSA) is 49.9 Å². The number of hydrogen-bond acceptors (Lipinski definition) is 3. The molecule has 0 saturated carbocycles. The quantitative estimate of drug-likeness (QED) is 0.635. The Hall–Kier alpha value is -0.870. The van der Waals surface area contributed by atoms with Crippen LogP contribution in [0, 0.1) is 6.92 Å². The van der Waals surface area contributed by atoms with Gasteiger partial charge in [-0.2, -0.15) is 5.10 Å². The SMILES string of the molecule is Cc1cc(C2CNCCO2)n[nH]1. The Bertz CT molecular complexity index is 253. The van der Waals surface area contributed by atoms with E-state index in [2.05, 4.69) is 15.5 Å². The number of nitrogens with one attached hydrogen (secondary N) is 2. The monoisotopic (exact) mass is 167 g/mol. The van der Waals surface area contributed by atoms with Gasteiger partial charge in [-0.3, -0.25) is 5.10 Å². The highest BCUT2D eigenvalue weighted by Gasteiger charge is 2.17. The number of nitrogens with zero attached hydrogens (tertiary/aromatic N) is 1. The van der Waals surface area contributed by atoms with Gasteiger partial charge in [-0.1, -0.05) is 0 Å². The lowest BCUT2D eigenvalue weighted by Gasteiger charge is -2.21. The van der Waals surface area contributed by atoms with Crippen LogP contribution in [0.2, 0.25) is 0 Å². The molecule has 4 heteroatoms. The van der Waals surface area contributed by atoms with Crippen molar-refractivity contribution in [2.45, 2.75) is 13.0 Å². The third-order valence-corrected chi connectivity index (χ3v) is 1.98. The number of rotatable bonds is 1. The van der Waals surface area contributed by atoms with Gasteiger partial charge in [0.15, 0.2) is 0 Å². The number of H-pyrrole nitrogens is 1. The van der Waals surface area contributed by atoms with Gasteiger partial charge in [-0.15, -0.1) is 0 Å². The molecule has 0 aromatic carbocycles. The Morgan fingerprint density at radius 3 is 3.17 bits per heavy atom. The van der Waals surface area contributed by atoms with E-state index in [1.807, 2.05) is 13.0 Å². The largest absolute Gasteiger partial charge is 0.369 e. The zero-order valence-corrected chi connectivity index (χ0v) is 7.13. The molecule has 1 saturated heterocycles. The van der Waals surface area contributed by atoms with E-state index in [9.17, 15) is 0 Å². The minimum Gasteiger partial charge on any atom is -0.369 e. The average molecular weight is 167 g/mol. The van der Waals surface area contributed by atoms with Crippen molar-refractivity contribution in [2.75, 3.05) is 19.7 Å². The van der Waals surface area contributed by atoms with Gasteiger partial charge in [0.1, 0.15) is 6.10 Å². The first-order valence-electron chi connectivity index (χ1n) is 4.20. The molecule has 12 heavy (non-hydrogen) atoms. The van der Waals surface area contributed by atoms with Crippen molar-refractivity contribution in [3.05, 3.63) is 17.5 Å². The van der Waals surface area contributed by atoms with Crippen LogP contribution < -0.4 is 5.32 Å². The summed E-state index contributed by atoms with van der Waals surface area (Å²) in [5, 5.41) is 10.3. The van der Waals surface area contributed by atoms with Gasteiger partial charge < -0.3 is 10.1 Å². The Morgan fingerprint density at radius 1 is 1.67 bits per heavy atom. The zero-order chi connectivity index (χ0) is 8.39. The first-order valence-corrected chi connectivity index (χ1v) is 4.20. The van der Waals surface area contributed by atoms with Gasteiger partial charge in [0.2, 0.25) is 0 Å². The molecule has 0 bridgehead atoms. The summed E-state index contributed by atoms with van der Waals surface area (Å²) in [7, 11) is 0. The van der Waals surface area contributed by atoms with Gasteiger partial charge in [0.05, 0.1) is 12.3 Å². The van der Waals surface area contributed by atoms with E-state index in [0.29, 0.717) is 0 Å². The molecule has 1 atom stereocenters. The first kappa shape index (κ1) is 7.76. The van der Waals surface area contributed by atoms with Crippen molar-refractivity contribution in [3.8, 4) is 0 Å². The van der Waals surface area contributed by atoms with E-state index in [1.54, 1.807) is 0 Å². The molecule has 2 rings (SSSR count). The van der Waals surface area contributed by atoms with E-state index < -0.39 is 0 Å². The van der Waals surface area contributed by atoms with Crippen molar-refractivity contribution >= 4 is 0 Å². The summed E-state index contributed by atoms with van der Waals surface area (Å²) in [6.07, 6.45) is 0.128. The van der Waals surface area contributed by atoms with Crippen LogP contribution in [0.15, 0.2) is 6.07 Å². The summed E-state index contributed by atoms with van der Waals surface area (Å²) in [6.45, 7) is 4.58. The molecule has 1 aromatic rings. The third-order valence-electron chi connectivity index (χ3n) is 1.98. The van der Waals surface area contributed by atoms with E-state index in [1.165, 1.54) is 0 Å². The summed E-state index contributed by atoms with van der Waals surface area (Å²) in [5.74, 6) is 0. The van der Waals surface area contributed by atoms with Crippen molar-refractivity contribution < 1.29 is 4.74 Å². The van der Waals surface area contributed by atoms with Gasteiger partial charge in [0.25, 0.3) is 0 Å². The fraction of sp³-hybridized carbons (Fsp3) is 0.625. The highest BCUT2D eigenvalue weighted by atomic mass is 16.5. The molecular formula is C8H13N3O. The Labute approximate surface area is 71.3 Å².